The number of carbonyl (C=O) groups is 1. The van der Waals surface area contributed by atoms with Crippen LogP contribution in [0.3, 0.4) is 0 Å². The molecular weight excluding hydrogens is 256 g/mol. The summed E-state index contributed by atoms with van der Waals surface area (Å²) in [5, 5.41) is 12.5. The van der Waals surface area contributed by atoms with Gasteiger partial charge in [-0.15, -0.1) is 0 Å². The smallest absolute Gasteiger partial charge is 0.257 e. The second-order valence-electron chi connectivity index (χ2n) is 4.38. The number of methoxy groups -OCH3 is 1. The third-order valence-corrected chi connectivity index (χ3v) is 2.99. The zero-order chi connectivity index (χ0) is 14.7. The summed E-state index contributed by atoms with van der Waals surface area (Å²) >= 11 is 0. The maximum Gasteiger partial charge on any atom is 0.257 e. The quantitative estimate of drug-likeness (QED) is 0.592. The highest BCUT2D eigenvalue weighted by atomic mass is 16.5. The Balaban J connectivity index is 2.26. The second kappa shape index (κ2) is 5.52. The first-order valence-corrected chi connectivity index (χ1v) is 6.06. The van der Waals surface area contributed by atoms with Crippen molar-refractivity contribution >= 4 is 17.3 Å². The van der Waals surface area contributed by atoms with Gasteiger partial charge in [-0.25, -0.2) is 0 Å². The average Bonchev–Trinajstić information content (AvgIpc) is 2.43. The fourth-order valence-electron chi connectivity index (χ4n) is 1.82. The highest BCUT2D eigenvalue weighted by molar-refractivity contribution is 6.08. The SMILES string of the molecule is COc1ccc(C(=O)Nc2cccc(C)c2O)c(N)c1. The fraction of sp³-hybridized carbons (Fsp3) is 0.133. The number of rotatable bonds is 3. The molecule has 0 aliphatic heterocycles. The Morgan fingerprint density at radius 2 is 2.05 bits per heavy atom. The first-order valence-electron chi connectivity index (χ1n) is 6.06. The Hall–Kier alpha value is -2.69. The van der Waals surface area contributed by atoms with E-state index in [-0.39, 0.29) is 11.7 Å². The minimum Gasteiger partial charge on any atom is -0.505 e. The van der Waals surface area contributed by atoms with Crippen molar-refractivity contribution in [3.63, 3.8) is 0 Å². The molecule has 0 aromatic heterocycles. The third kappa shape index (κ3) is 2.66. The predicted octanol–water partition coefficient (Wildman–Crippen LogP) is 2.54. The molecule has 0 fully saturated rings. The molecule has 0 aliphatic rings. The van der Waals surface area contributed by atoms with Crippen LogP contribution >= 0.6 is 0 Å². The summed E-state index contributed by atoms with van der Waals surface area (Å²) in [6.07, 6.45) is 0. The number of benzene rings is 2. The Bertz CT molecular complexity index is 654. The average molecular weight is 272 g/mol. The van der Waals surface area contributed by atoms with Crippen LogP contribution in [0.4, 0.5) is 11.4 Å². The minimum absolute atomic E-state index is 0.0490. The molecule has 1 amide bonds. The van der Waals surface area contributed by atoms with E-state index in [0.29, 0.717) is 28.3 Å². The summed E-state index contributed by atoms with van der Waals surface area (Å²) in [7, 11) is 1.53. The summed E-state index contributed by atoms with van der Waals surface area (Å²) in [6.45, 7) is 1.76. The standard InChI is InChI=1S/C15H16N2O3/c1-9-4-3-5-13(14(9)18)17-15(19)11-7-6-10(20-2)8-12(11)16/h3-8,18H,16H2,1-2H3,(H,17,19). The van der Waals surface area contributed by atoms with Gasteiger partial charge >= 0.3 is 0 Å². The monoisotopic (exact) mass is 272 g/mol. The maximum absolute atomic E-state index is 12.2. The molecule has 2 rings (SSSR count). The third-order valence-electron chi connectivity index (χ3n) is 2.99. The molecule has 2 aromatic rings. The van der Waals surface area contributed by atoms with E-state index >= 15 is 0 Å². The van der Waals surface area contributed by atoms with E-state index in [1.54, 1.807) is 43.3 Å². The summed E-state index contributed by atoms with van der Waals surface area (Å²) < 4.78 is 5.03. The van der Waals surface area contributed by atoms with Gasteiger partial charge in [0.2, 0.25) is 0 Å². The van der Waals surface area contributed by atoms with Crippen LogP contribution in [-0.4, -0.2) is 18.1 Å². The lowest BCUT2D eigenvalue weighted by Crippen LogP contribution is -2.14. The molecule has 0 radical (unpaired) electrons. The molecular formula is C15H16N2O3. The van der Waals surface area contributed by atoms with Crippen LogP contribution in [0.5, 0.6) is 11.5 Å². The number of phenols is 1. The van der Waals surface area contributed by atoms with Crippen LogP contribution in [0, 0.1) is 6.92 Å². The number of phenolic OH excluding ortho intramolecular Hbond substituents is 1. The largest absolute Gasteiger partial charge is 0.505 e. The molecule has 0 aliphatic carbocycles. The summed E-state index contributed by atoms with van der Waals surface area (Å²) in [4.78, 5) is 12.2. The van der Waals surface area contributed by atoms with Gasteiger partial charge in [-0.2, -0.15) is 0 Å². The van der Waals surface area contributed by atoms with Crippen molar-refractivity contribution in [3.8, 4) is 11.5 Å². The second-order valence-corrected chi connectivity index (χ2v) is 4.38. The van der Waals surface area contributed by atoms with E-state index in [0.717, 1.165) is 0 Å². The van der Waals surface area contributed by atoms with E-state index in [9.17, 15) is 9.90 Å². The van der Waals surface area contributed by atoms with Gasteiger partial charge in [0.15, 0.2) is 0 Å². The lowest BCUT2D eigenvalue weighted by atomic mass is 10.1. The number of aromatic hydroxyl groups is 1. The molecule has 5 nitrogen and oxygen atoms in total. The molecule has 5 heteroatoms. The van der Waals surface area contributed by atoms with Crippen LogP contribution in [0.1, 0.15) is 15.9 Å². The Kier molecular flexibility index (Phi) is 3.79. The number of nitrogen functional groups attached to an aromatic ring is 1. The molecule has 20 heavy (non-hydrogen) atoms. The van der Waals surface area contributed by atoms with Crippen LogP contribution in [0.25, 0.3) is 0 Å². The lowest BCUT2D eigenvalue weighted by molar-refractivity contribution is 0.102. The molecule has 0 saturated carbocycles. The first-order chi connectivity index (χ1) is 9.52. The van der Waals surface area contributed by atoms with Gasteiger partial charge in [-0.05, 0) is 30.7 Å². The number of nitrogens with two attached hydrogens (primary N) is 1. The minimum atomic E-state index is -0.383. The Morgan fingerprint density at radius 1 is 1.30 bits per heavy atom. The van der Waals surface area contributed by atoms with E-state index in [1.807, 2.05) is 0 Å². The molecule has 0 atom stereocenters. The first kappa shape index (κ1) is 13.7. The van der Waals surface area contributed by atoms with Gasteiger partial charge in [0, 0.05) is 11.8 Å². The number of nitrogens with one attached hydrogen (secondary N) is 1. The normalized spacial score (nSPS) is 10.1. The van der Waals surface area contributed by atoms with E-state index < -0.39 is 0 Å². The van der Waals surface area contributed by atoms with Gasteiger partial charge in [0.1, 0.15) is 11.5 Å². The molecule has 104 valence electrons. The molecule has 0 spiro atoms. The zero-order valence-corrected chi connectivity index (χ0v) is 11.3. The summed E-state index contributed by atoms with van der Waals surface area (Å²) in [5.41, 5.74) is 7.49. The number of carbonyl (C=O) groups excluding carboxylic acids is 1. The number of hydrogen-bond donors (Lipinski definition) is 3. The molecule has 2 aromatic carbocycles. The van der Waals surface area contributed by atoms with Crippen molar-refractivity contribution in [2.75, 3.05) is 18.2 Å². The molecule has 0 bridgehead atoms. The van der Waals surface area contributed by atoms with Crippen LogP contribution < -0.4 is 15.8 Å². The molecule has 0 heterocycles. The van der Waals surface area contributed by atoms with Gasteiger partial charge in [-0.3, -0.25) is 4.79 Å². The van der Waals surface area contributed by atoms with Crippen molar-refractivity contribution in [1.29, 1.82) is 0 Å². The van der Waals surface area contributed by atoms with E-state index in [4.69, 9.17) is 10.5 Å². The van der Waals surface area contributed by atoms with Crippen molar-refractivity contribution in [3.05, 3.63) is 47.5 Å². The number of ether oxygens (including phenoxy) is 1. The van der Waals surface area contributed by atoms with Crippen molar-refractivity contribution < 1.29 is 14.6 Å². The Morgan fingerprint density at radius 3 is 2.70 bits per heavy atom. The lowest BCUT2D eigenvalue weighted by Gasteiger charge is -2.11. The van der Waals surface area contributed by atoms with E-state index in [2.05, 4.69) is 5.32 Å². The van der Waals surface area contributed by atoms with Crippen LogP contribution in [0.2, 0.25) is 0 Å². The van der Waals surface area contributed by atoms with E-state index in [1.165, 1.54) is 7.11 Å². The van der Waals surface area contributed by atoms with Crippen molar-refractivity contribution in [2.45, 2.75) is 6.92 Å². The molecule has 0 unspecified atom stereocenters. The fourth-order valence-corrected chi connectivity index (χ4v) is 1.82. The van der Waals surface area contributed by atoms with Crippen LogP contribution in [-0.2, 0) is 0 Å². The van der Waals surface area contributed by atoms with Crippen molar-refractivity contribution in [1.82, 2.24) is 0 Å². The van der Waals surface area contributed by atoms with Gasteiger partial charge in [-0.1, -0.05) is 12.1 Å². The molecule has 4 N–H and O–H groups in total. The molecule has 0 saturated heterocycles. The maximum atomic E-state index is 12.2. The summed E-state index contributed by atoms with van der Waals surface area (Å²) in [6, 6.07) is 9.94. The van der Waals surface area contributed by atoms with Gasteiger partial charge in [0.25, 0.3) is 5.91 Å². The Labute approximate surface area is 117 Å². The number of aryl methyl sites for hydroxylation is 1. The van der Waals surface area contributed by atoms with Crippen molar-refractivity contribution in [2.24, 2.45) is 0 Å². The van der Waals surface area contributed by atoms with Gasteiger partial charge in [0.05, 0.1) is 18.4 Å². The van der Waals surface area contributed by atoms with Gasteiger partial charge < -0.3 is 20.9 Å². The highest BCUT2D eigenvalue weighted by Gasteiger charge is 2.13. The number of hydrogen-bond acceptors (Lipinski definition) is 4. The van der Waals surface area contributed by atoms with Crippen LogP contribution in [0.15, 0.2) is 36.4 Å². The highest BCUT2D eigenvalue weighted by Crippen LogP contribution is 2.28. The topological polar surface area (TPSA) is 84.6 Å². The number of anilines is 2. The zero-order valence-electron chi connectivity index (χ0n) is 11.3. The number of para-hydroxylation sites is 1. The summed E-state index contributed by atoms with van der Waals surface area (Å²) in [5.74, 6) is 0.247. The number of amides is 1. The predicted molar refractivity (Wildman–Crippen MR) is 78.2 cm³/mol.